The first-order chi connectivity index (χ1) is 10.2. The van der Waals surface area contributed by atoms with Gasteiger partial charge in [0, 0.05) is 5.56 Å². The predicted molar refractivity (Wildman–Crippen MR) is 84.6 cm³/mol. The van der Waals surface area contributed by atoms with Crippen molar-refractivity contribution in [3.63, 3.8) is 0 Å². The quantitative estimate of drug-likeness (QED) is 0.748. The summed E-state index contributed by atoms with van der Waals surface area (Å²) in [5, 5.41) is 0.609. The van der Waals surface area contributed by atoms with Gasteiger partial charge in [-0.25, -0.2) is 15.0 Å². The minimum Gasteiger partial charge on any atom is -0.493 e. The maximum atomic E-state index is 5.90. The molecule has 0 saturated heterocycles. The summed E-state index contributed by atoms with van der Waals surface area (Å²) in [6, 6.07) is 9.76. The van der Waals surface area contributed by atoms with Gasteiger partial charge in [0.25, 0.3) is 0 Å². The number of nitrogens with zero attached hydrogens (tertiary/aromatic N) is 3. The Morgan fingerprint density at radius 2 is 1.90 bits per heavy atom. The summed E-state index contributed by atoms with van der Waals surface area (Å²) in [6.45, 7) is 0. The summed E-state index contributed by atoms with van der Waals surface area (Å²) in [6.07, 6.45) is 1.54. The van der Waals surface area contributed by atoms with Gasteiger partial charge in [-0.1, -0.05) is 41.7 Å². The molecule has 3 rings (SSSR count). The van der Waals surface area contributed by atoms with Crippen LogP contribution in [-0.2, 0) is 0 Å². The summed E-state index contributed by atoms with van der Waals surface area (Å²) in [5.41, 5.74) is 8.17. The number of hydrogen-bond donors (Lipinski definition) is 1. The average Bonchev–Trinajstić information content (AvgIpc) is 2.90. The number of aromatic nitrogens is 3. The lowest BCUT2D eigenvalue weighted by atomic mass is 10.1. The number of benzene rings is 1. The summed E-state index contributed by atoms with van der Waals surface area (Å²) >= 11 is 7.24. The van der Waals surface area contributed by atoms with Crippen LogP contribution in [-0.4, -0.2) is 22.1 Å². The second kappa shape index (κ2) is 5.67. The number of methoxy groups -OCH3 is 1. The van der Waals surface area contributed by atoms with Crippen molar-refractivity contribution in [1.82, 2.24) is 15.0 Å². The largest absolute Gasteiger partial charge is 0.493 e. The lowest BCUT2D eigenvalue weighted by Crippen LogP contribution is -1.94. The summed E-state index contributed by atoms with van der Waals surface area (Å²) in [5.74, 6) is 0.528. The second-order valence-electron chi connectivity index (χ2n) is 4.15. The molecule has 2 heterocycles. The molecule has 3 aromatic rings. The van der Waals surface area contributed by atoms with E-state index in [9.17, 15) is 0 Å². The van der Waals surface area contributed by atoms with E-state index in [1.165, 1.54) is 17.5 Å². The number of thiazole rings is 1. The van der Waals surface area contributed by atoms with E-state index in [1.807, 2.05) is 30.3 Å². The molecule has 0 bridgehead atoms. The molecule has 2 aromatic heterocycles. The zero-order valence-electron chi connectivity index (χ0n) is 11.1. The van der Waals surface area contributed by atoms with Gasteiger partial charge in [-0.15, -0.1) is 0 Å². The highest BCUT2D eigenvalue weighted by Gasteiger charge is 2.19. The number of ether oxygens (including phenoxy) is 1. The van der Waals surface area contributed by atoms with Gasteiger partial charge in [0.05, 0.1) is 23.9 Å². The lowest BCUT2D eigenvalue weighted by Gasteiger charge is -2.07. The van der Waals surface area contributed by atoms with Crippen molar-refractivity contribution in [2.75, 3.05) is 12.8 Å². The molecule has 0 aliphatic carbocycles. The van der Waals surface area contributed by atoms with Crippen LogP contribution in [0.5, 0.6) is 5.75 Å². The first kappa shape index (κ1) is 13.8. The maximum Gasteiger partial charge on any atom is 0.223 e. The van der Waals surface area contributed by atoms with Gasteiger partial charge in [0.2, 0.25) is 5.28 Å². The highest BCUT2D eigenvalue weighted by Crippen LogP contribution is 2.40. The van der Waals surface area contributed by atoms with E-state index in [4.69, 9.17) is 22.1 Å². The van der Waals surface area contributed by atoms with Gasteiger partial charge >= 0.3 is 0 Å². The molecule has 0 fully saturated rings. The van der Waals surface area contributed by atoms with Crippen LogP contribution in [0.2, 0.25) is 5.28 Å². The summed E-state index contributed by atoms with van der Waals surface area (Å²) < 4.78 is 5.31. The van der Waals surface area contributed by atoms with Gasteiger partial charge in [0.1, 0.15) is 5.69 Å². The molecular weight excluding hydrogens is 308 g/mol. The molecule has 21 heavy (non-hydrogen) atoms. The molecule has 5 nitrogen and oxygen atoms in total. The number of halogens is 1. The highest BCUT2D eigenvalue weighted by molar-refractivity contribution is 7.19. The van der Waals surface area contributed by atoms with Crippen molar-refractivity contribution in [3.05, 3.63) is 41.8 Å². The number of hydrogen-bond acceptors (Lipinski definition) is 6. The van der Waals surface area contributed by atoms with E-state index in [1.54, 1.807) is 7.11 Å². The van der Waals surface area contributed by atoms with Crippen LogP contribution in [0.3, 0.4) is 0 Å². The third-order valence-corrected chi connectivity index (χ3v) is 3.93. The average molecular weight is 319 g/mol. The Bertz CT molecular complexity index is 776. The van der Waals surface area contributed by atoms with Crippen molar-refractivity contribution in [2.45, 2.75) is 0 Å². The number of nitrogens with two attached hydrogens (primary N) is 1. The third-order valence-electron chi connectivity index (χ3n) is 2.85. The monoisotopic (exact) mass is 318 g/mol. The first-order valence-electron chi connectivity index (χ1n) is 6.07. The van der Waals surface area contributed by atoms with Crippen LogP contribution >= 0.6 is 22.9 Å². The fraction of sp³-hybridized carbons (Fsp3) is 0.0714. The van der Waals surface area contributed by atoms with Gasteiger partial charge < -0.3 is 10.5 Å². The number of nitrogen functional groups attached to an aromatic ring is 1. The Kier molecular flexibility index (Phi) is 3.72. The smallest absolute Gasteiger partial charge is 0.223 e. The van der Waals surface area contributed by atoms with Gasteiger partial charge in [-0.2, -0.15) is 0 Å². The SMILES string of the molecule is COc1cnc(Cl)nc1-c1sc(N)nc1-c1ccccc1. The first-order valence-corrected chi connectivity index (χ1v) is 7.27. The summed E-state index contributed by atoms with van der Waals surface area (Å²) in [7, 11) is 1.56. The number of anilines is 1. The molecule has 0 aliphatic heterocycles. The van der Waals surface area contributed by atoms with Crippen molar-refractivity contribution in [1.29, 1.82) is 0 Å². The Balaban J connectivity index is 2.22. The predicted octanol–water partition coefficient (Wildman–Crippen LogP) is 3.51. The van der Waals surface area contributed by atoms with E-state index in [2.05, 4.69) is 15.0 Å². The van der Waals surface area contributed by atoms with Crippen LogP contribution in [0.25, 0.3) is 21.8 Å². The third kappa shape index (κ3) is 2.68. The summed E-state index contributed by atoms with van der Waals surface area (Å²) in [4.78, 5) is 13.4. The van der Waals surface area contributed by atoms with E-state index in [0.717, 1.165) is 16.1 Å². The maximum absolute atomic E-state index is 5.90. The Morgan fingerprint density at radius 1 is 1.14 bits per heavy atom. The minimum absolute atomic E-state index is 0.150. The lowest BCUT2D eigenvalue weighted by molar-refractivity contribution is 0.413. The Labute approximate surface area is 130 Å². The van der Waals surface area contributed by atoms with E-state index >= 15 is 0 Å². The molecule has 1 aromatic carbocycles. The molecule has 0 spiro atoms. The molecular formula is C14H11ClN4OS. The van der Waals surface area contributed by atoms with E-state index in [-0.39, 0.29) is 5.28 Å². The van der Waals surface area contributed by atoms with Crippen molar-refractivity contribution in [2.24, 2.45) is 0 Å². The highest BCUT2D eigenvalue weighted by atomic mass is 35.5. The zero-order valence-corrected chi connectivity index (χ0v) is 12.6. The van der Waals surface area contributed by atoms with Crippen molar-refractivity contribution < 1.29 is 4.74 Å². The molecule has 0 radical (unpaired) electrons. The fourth-order valence-electron chi connectivity index (χ4n) is 1.95. The van der Waals surface area contributed by atoms with Gasteiger partial charge in [0.15, 0.2) is 10.9 Å². The molecule has 0 amide bonds. The van der Waals surface area contributed by atoms with Crippen LogP contribution in [0.15, 0.2) is 36.5 Å². The molecule has 7 heteroatoms. The van der Waals surface area contributed by atoms with E-state index < -0.39 is 0 Å². The van der Waals surface area contributed by atoms with Crippen LogP contribution < -0.4 is 10.5 Å². The Morgan fingerprint density at radius 3 is 2.62 bits per heavy atom. The van der Waals surface area contributed by atoms with Gasteiger partial charge in [-0.05, 0) is 11.6 Å². The zero-order chi connectivity index (χ0) is 14.8. The molecule has 106 valence electrons. The van der Waals surface area contributed by atoms with Gasteiger partial charge in [-0.3, -0.25) is 0 Å². The van der Waals surface area contributed by atoms with Crippen molar-refractivity contribution in [3.8, 4) is 27.6 Å². The molecule has 2 N–H and O–H groups in total. The topological polar surface area (TPSA) is 73.9 Å². The van der Waals surface area contributed by atoms with Crippen molar-refractivity contribution >= 4 is 28.1 Å². The Hall–Kier alpha value is -2.18. The van der Waals surface area contributed by atoms with Crippen LogP contribution in [0.1, 0.15) is 0 Å². The van der Waals surface area contributed by atoms with E-state index in [0.29, 0.717) is 16.6 Å². The normalized spacial score (nSPS) is 10.6. The fourth-order valence-corrected chi connectivity index (χ4v) is 2.93. The molecule has 0 unspecified atom stereocenters. The standard InChI is InChI=1S/C14H11ClN4OS/c1-20-9-7-17-13(15)18-11(9)12-10(19-14(16)21-12)8-5-3-2-4-6-8/h2-7H,1H3,(H2,16,19). The van der Waals surface area contributed by atoms with Crippen LogP contribution in [0, 0.1) is 0 Å². The minimum atomic E-state index is 0.150. The number of rotatable bonds is 3. The molecule has 0 atom stereocenters. The molecule has 0 saturated carbocycles. The van der Waals surface area contributed by atoms with Crippen LogP contribution in [0.4, 0.5) is 5.13 Å². The molecule has 0 aliphatic rings. The second-order valence-corrected chi connectivity index (χ2v) is 5.52.